The van der Waals surface area contributed by atoms with Crippen molar-refractivity contribution in [3.63, 3.8) is 0 Å². The summed E-state index contributed by atoms with van der Waals surface area (Å²) in [6, 6.07) is 8.56. The van der Waals surface area contributed by atoms with E-state index in [4.69, 9.17) is 9.16 Å². The van der Waals surface area contributed by atoms with Crippen LogP contribution in [0.5, 0.6) is 5.75 Å². The molecule has 0 spiro atoms. The van der Waals surface area contributed by atoms with E-state index in [2.05, 4.69) is 20.3 Å². The van der Waals surface area contributed by atoms with Crippen LogP contribution in [0.4, 0.5) is 22.0 Å². The van der Waals surface area contributed by atoms with Crippen molar-refractivity contribution in [3.8, 4) is 17.0 Å². The molecule has 4 heterocycles. The number of aromatic nitrogens is 4. The Kier molecular flexibility index (Phi) is 7.84. The fraction of sp³-hybridized carbons (Fsp3) is 0.438. The van der Waals surface area contributed by atoms with Gasteiger partial charge in [0.25, 0.3) is 0 Å². The number of ether oxygens (including phenoxy) is 1. The quantitative estimate of drug-likeness (QED) is 0.123. The van der Waals surface area contributed by atoms with Crippen molar-refractivity contribution in [1.82, 2.24) is 24.8 Å². The SMILES string of the molecule is CC(O[Si](C)(C)C(C)(C)C)C(=O)c1nccc(-c2cc3c(c(C(F)(F)F)c2OC(F)F)[C@H]2C[C@@H](NC3)c3nc4ccccc4n32)n1. The van der Waals surface area contributed by atoms with Gasteiger partial charge in [-0.15, -0.1) is 0 Å². The molecule has 8 nitrogen and oxygen atoms in total. The van der Waals surface area contributed by atoms with E-state index in [9.17, 15) is 13.6 Å². The monoisotopic (exact) mass is 659 g/mol. The number of ketones is 1. The van der Waals surface area contributed by atoms with Gasteiger partial charge < -0.3 is 19.0 Å². The minimum Gasteiger partial charge on any atom is -0.433 e. The largest absolute Gasteiger partial charge is 0.433 e. The molecule has 3 atom stereocenters. The maximum absolute atomic E-state index is 15.2. The maximum Gasteiger partial charge on any atom is 0.420 e. The zero-order valence-electron chi connectivity index (χ0n) is 26.2. The summed E-state index contributed by atoms with van der Waals surface area (Å²) in [5, 5.41) is 3.11. The number of fused-ring (bicyclic) bond motifs is 9. The Morgan fingerprint density at radius 3 is 2.50 bits per heavy atom. The van der Waals surface area contributed by atoms with Gasteiger partial charge in [0.1, 0.15) is 23.2 Å². The van der Waals surface area contributed by atoms with E-state index in [1.165, 1.54) is 18.3 Å². The van der Waals surface area contributed by atoms with Crippen LogP contribution in [0, 0.1) is 0 Å². The molecule has 2 aliphatic rings. The Balaban J connectivity index is 1.51. The Morgan fingerprint density at radius 2 is 1.83 bits per heavy atom. The lowest BCUT2D eigenvalue weighted by Crippen LogP contribution is -2.45. The van der Waals surface area contributed by atoms with Crippen LogP contribution in [0.25, 0.3) is 22.3 Å². The molecule has 0 fully saturated rings. The van der Waals surface area contributed by atoms with Gasteiger partial charge in [-0.1, -0.05) is 32.9 Å². The van der Waals surface area contributed by atoms with Crippen LogP contribution in [0.1, 0.15) is 79.3 Å². The van der Waals surface area contributed by atoms with Gasteiger partial charge >= 0.3 is 12.8 Å². The first kappa shape index (κ1) is 32.2. The molecule has 6 rings (SSSR count). The van der Waals surface area contributed by atoms with Crippen LogP contribution in [0.3, 0.4) is 0 Å². The first-order valence-corrected chi connectivity index (χ1v) is 17.9. The van der Waals surface area contributed by atoms with Gasteiger partial charge in [-0.05, 0) is 66.9 Å². The van der Waals surface area contributed by atoms with Crippen molar-refractivity contribution in [1.29, 1.82) is 0 Å². The standard InChI is InChI=1S/C32H34F5N5O3Si/c1-16(45-46(5,6)31(2,3)4)26(43)28-38-12-11-19(40-28)18-13-17-15-39-21-14-23(42-22-10-8-7-9-20(22)41-29(21)42)24(17)25(32(35,36)37)27(18)44-30(33)34/h7-13,16,21,23,30,39H,14-15H2,1-6H3/t16?,21-,23-/m1/s1. The number of carbonyl (C=O) groups is 1. The van der Waals surface area contributed by atoms with Crippen molar-refractivity contribution in [3.05, 3.63) is 70.9 Å². The Hall–Kier alpha value is -3.75. The third-order valence-corrected chi connectivity index (χ3v) is 13.8. The second-order valence-corrected chi connectivity index (χ2v) is 18.0. The number of carbonyl (C=O) groups excluding carboxylic acids is 1. The average molecular weight is 660 g/mol. The fourth-order valence-corrected chi connectivity index (χ4v) is 7.50. The van der Waals surface area contributed by atoms with Crippen LogP contribution in [-0.2, 0) is 17.1 Å². The van der Waals surface area contributed by atoms with Crippen LogP contribution >= 0.6 is 0 Å². The lowest BCUT2D eigenvalue weighted by Gasteiger charge is -2.37. The predicted molar refractivity (Wildman–Crippen MR) is 163 cm³/mol. The summed E-state index contributed by atoms with van der Waals surface area (Å²) in [6.45, 7) is 8.03. The van der Waals surface area contributed by atoms with Crippen molar-refractivity contribution in [2.24, 2.45) is 0 Å². The zero-order valence-corrected chi connectivity index (χ0v) is 27.2. The number of hydrogen-bond acceptors (Lipinski definition) is 7. The van der Waals surface area contributed by atoms with E-state index in [1.807, 2.05) is 33.9 Å². The second kappa shape index (κ2) is 11.2. The number of rotatable bonds is 7. The zero-order chi connectivity index (χ0) is 33.3. The summed E-state index contributed by atoms with van der Waals surface area (Å²) < 4.78 is 86.0. The highest BCUT2D eigenvalue weighted by atomic mass is 28.4. The highest BCUT2D eigenvalue weighted by Crippen LogP contribution is 2.53. The molecule has 46 heavy (non-hydrogen) atoms. The molecule has 0 radical (unpaired) electrons. The van der Waals surface area contributed by atoms with E-state index >= 15 is 13.2 Å². The molecule has 2 aromatic heterocycles. The molecule has 14 heteroatoms. The van der Waals surface area contributed by atoms with Gasteiger partial charge in [0.2, 0.25) is 5.78 Å². The molecule has 244 valence electrons. The Labute approximate surface area is 263 Å². The maximum atomic E-state index is 15.2. The average Bonchev–Trinajstić information content (AvgIpc) is 3.44. The van der Waals surface area contributed by atoms with Crippen molar-refractivity contribution < 1.29 is 35.9 Å². The molecule has 4 aromatic rings. The molecule has 2 aliphatic heterocycles. The van der Waals surface area contributed by atoms with Crippen molar-refractivity contribution in [2.75, 3.05) is 0 Å². The van der Waals surface area contributed by atoms with Gasteiger partial charge in [-0.2, -0.15) is 22.0 Å². The number of Topliss-reactive ketones (excluding diaryl/α,β-unsaturated/α-hetero) is 1. The van der Waals surface area contributed by atoms with Gasteiger partial charge in [0.05, 0.1) is 28.8 Å². The van der Waals surface area contributed by atoms with Crippen LogP contribution in [0.15, 0.2) is 42.6 Å². The minimum atomic E-state index is -5.08. The molecule has 0 amide bonds. The molecular formula is C32H34F5N5O3Si. The third kappa shape index (κ3) is 5.49. The van der Waals surface area contributed by atoms with Crippen molar-refractivity contribution >= 4 is 25.1 Å². The Bertz CT molecular complexity index is 1840. The highest BCUT2D eigenvalue weighted by Gasteiger charge is 2.47. The highest BCUT2D eigenvalue weighted by molar-refractivity contribution is 6.74. The van der Waals surface area contributed by atoms with E-state index in [-0.39, 0.29) is 52.3 Å². The predicted octanol–water partition coefficient (Wildman–Crippen LogP) is 7.84. The smallest absolute Gasteiger partial charge is 0.420 e. The van der Waals surface area contributed by atoms with Crippen LogP contribution in [0.2, 0.25) is 18.1 Å². The summed E-state index contributed by atoms with van der Waals surface area (Å²) in [5.41, 5.74) is -0.440. The topological polar surface area (TPSA) is 91.2 Å². The second-order valence-electron chi connectivity index (χ2n) is 13.2. The molecular weight excluding hydrogens is 625 g/mol. The van der Waals surface area contributed by atoms with E-state index in [0.717, 1.165) is 0 Å². The lowest BCUT2D eigenvalue weighted by atomic mass is 9.89. The summed E-state index contributed by atoms with van der Waals surface area (Å²) >= 11 is 0. The van der Waals surface area contributed by atoms with Crippen LogP contribution < -0.4 is 10.1 Å². The molecule has 2 bridgehead atoms. The number of nitrogens with zero attached hydrogens (tertiary/aromatic N) is 4. The lowest BCUT2D eigenvalue weighted by molar-refractivity contribution is -0.142. The molecule has 0 saturated heterocycles. The number of benzene rings is 2. The number of alkyl halides is 5. The summed E-state index contributed by atoms with van der Waals surface area (Å²) in [4.78, 5) is 26.4. The van der Waals surface area contributed by atoms with E-state index in [1.54, 1.807) is 35.8 Å². The molecule has 1 N–H and O–H groups in total. The fourth-order valence-electron chi connectivity index (χ4n) is 6.15. The van der Waals surface area contributed by atoms with E-state index in [0.29, 0.717) is 16.9 Å². The number of halogens is 5. The third-order valence-electron chi connectivity index (χ3n) is 9.27. The summed E-state index contributed by atoms with van der Waals surface area (Å²) in [7, 11) is -2.38. The molecule has 2 aromatic carbocycles. The number of para-hydroxylation sites is 2. The van der Waals surface area contributed by atoms with Gasteiger partial charge in [0, 0.05) is 18.3 Å². The first-order chi connectivity index (χ1) is 21.5. The van der Waals surface area contributed by atoms with E-state index < -0.39 is 50.3 Å². The molecule has 0 aliphatic carbocycles. The van der Waals surface area contributed by atoms with Gasteiger partial charge in [0.15, 0.2) is 14.1 Å². The Morgan fingerprint density at radius 1 is 1.11 bits per heavy atom. The molecule has 0 saturated carbocycles. The van der Waals surface area contributed by atoms with Crippen molar-refractivity contribution in [2.45, 2.75) is 89.8 Å². The first-order valence-electron chi connectivity index (χ1n) is 15.0. The normalized spacial score (nSPS) is 18.8. The van der Waals surface area contributed by atoms with Crippen LogP contribution in [-0.4, -0.2) is 46.3 Å². The summed E-state index contributed by atoms with van der Waals surface area (Å²) in [6.07, 6.45) is -4.57. The number of imidazole rings is 1. The number of nitrogens with one attached hydrogen (secondary N) is 1. The summed E-state index contributed by atoms with van der Waals surface area (Å²) in [5.74, 6) is -1.35. The molecule has 1 unspecified atom stereocenters. The minimum absolute atomic E-state index is 0.0129. The number of hydrogen-bond donors (Lipinski definition) is 1. The van der Waals surface area contributed by atoms with Gasteiger partial charge in [-0.3, -0.25) is 4.79 Å². The van der Waals surface area contributed by atoms with Gasteiger partial charge in [-0.25, -0.2) is 15.0 Å².